The fourth-order valence-electron chi connectivity index (χ4n) is 2.13. The molecule has 1 aliphatic rings. The molecule has 1 N–H and O–H groups in total. The van der Waals surface area contributed by atoms with E-state index in [0.717, 1.165) is 26.2 Å². The van der Waals surface area contributed by atoms with Crippen molar-refractivity contribution in [2.24, 2.45) is 5.92 Å². The Morgan fingerprint density at radius 1 is 1.53 bits per heavy atom. The topological polar surface area (TPSA) is 41.6 Å². The minimum absolute atomic E-state index is 0.117. The van der Waals surface area contributed by atoms with Crippen LogP contribution in [0.15, 0.2) is 0 Å². The van der Waals surface area contributed by atoms with Gasteiger partial charge in [-0.15, -0.1) is 0 Å². The van der Waals surface area contributed by atoms with Crippen molar-refractivity contribution in [2.75, 3.05) is 32.8 Å². The smallest absolute Gasteiger partial charge is 0.248 e. The van der Waals surface area contributed by atoms with Crippen LogP contribution in [-0.2, 0) is 9.53 Å². The van der Waals surface area contributed by atoms with E-state index in [-0.39, 0.29) is 18.6 Å². The Kier molecular flexibility index (Phi) is 6.52. The number of likely N-dealkylation sites (N-methyl/N-ethyl adjacent to an activating group) is 1. The highest BCUT2D eigenvalue weighted by molar-refractivity contribution is 5.77. The zero-order valence-corrected chi connectivity index (χ0v) is 11.4. The highest BCUT2D eigenvalue weighted by atomic mass is 16.5. The van der Waals surface area contributed by atoms with Crippen molar-refractivity contribution < 1.29 is 9.53 Å². The number of hydrogen-bond acceptors (Lipinski definition) is 3. The van der Waals surface area contributed by atoms with Gasteiger partial charge in [0.1, 0.15) is 6.61 Å². The van der Waals surface area contributed by atoms with Crippen molar-refractivity contribution in [1.82, 2.24) is 10.2 Å². The van der Waals surface area contributed by atoms with Gasteiger partial charge in [-0.1, -0.05) is 0 Å². The molecule has 0 spiro atoms. The van der Waals surface area contributed by atoms with Crippen molar-refractivity contribution in [3.05, 3.63) is 0 Å². The third-order valence-electron chi connectivity index (χ3n) is 3.15. The summed E-state index contributed by atoms with van der Waals surface area (Å²) in [5.74, 6) is 0.721. The molecule has 1 atom stereocenters. The Morgan fingerprint density at radius 2 is 2.29 bits per heavy atom. The summed E-state index contributed by atoms with van der Waals surface area (Å²) in [6.07, 6.45) is 2.56. The predicted molar refractivity (Wildman–Crippen MR) is 68.9 cm³/mol. The second kappa shape index (κ2) is 7.67. The summed E-state index contributed by atoms with van der Waals surface area (Å²) >= 11 is 0. The summed E-state index contributed by atoms with van der Waals surface area (Å²) in [5, 5.41) is 3.38. The van der Waals surface area contributed by atoms with Gasteiger partial charge in [-0.2, -0.15) is 0 Å². The number of nitrogens with zero attached hydrogens (tertiary/aromatic N) is 1. The fourth-order valence-corrected chi connectivity index (χ4v) is 2.13. The van der Waals surface area contributed by atoms with Gasteiger partial charge in [-0.25, -0.2) is 0 Å². The lowest BCUT2D eigenvalue weighted by Gasteiger charge is -2.29. The van der Waals surface area contributed by atoms with Crippen molar-refractivity contribution >= 4 is 5.91 Å². The largest absolute Gasteiger partial charge is 0.369 e. The average molecular weight is 242 g/mol. The number of rotatable bonds is 6. The van der Waals surface area contributed by atoms with Gasteiger partial charge in [-0.3, -0.25) is 4.79 Å². The van der Waals surface area contributed by atoms with Crippen LogP contribution in [0, 0.1) is 5.92 Å². The number of ether oxygens (including phenoxy) is 1. The maximum Gasteiger partial charge on any atom is 0.248 e. The van der Waals surface area contributed by atoms with Crippen LogP contribution in [0.3, 0.4) is 0 Å². The Balaban J connectivity index is 2.32. The molecule has 0 aliphatic carbocycles. The number of amides is 1. The van der Waals surface area contributed by atoms with Crippen LogP contribution >= 0.6 is 0 Å². The first kappa shape index (κ1) is 14.5. The monoisotopic (exact) mass is 242 g/mol. The van der Waals surface area contributed by atoms with E-state index in [1.165, 1.54) is 12.8 Å². The van der Waals surface area contributed by atoms with Gasteiger partial charge in [0.2, 0.25) is 5.91 Å². The third-order valence-corrected chi connectivity index (χ3v) is 3.15. The van der Waals surface area contributed by atoms with Gasteiger partial charge < -0.3 is 15.0 Å². The van der Waals surface area contributed by atoms with Crippen LogP contribution in [0.2, 0.25) is 0 Å². The lowest BCUT2D eigenvalue weighted by molar-refractivity contribution is -0.138. The third kappa shape index (κ3) is 5.50. The van der Waals surface area contributed by atoms with Crippen LogP contribution in [0.4, 0.5) is 0 Å². The normalized spacial score (nSPS) is 20.6. The standard InChI is InChI=1S/C13H26N2O2/c1-4-15(13(16)10-17-11(2)3)9-12-6-5-7-14-8-12/h11-12,14H,4-10H2,1-3H3. The SMILES string of the molecule is CCN(CC1CCCNC1)C(=O)COC(C)C. The predicted octanol–water partition coefficient (Wildman–Crippen LogP) is 1.26. The Bertz CT molecular complexity index is 225. The van der Waals surface area contributed by atoms with Gasteiger partial charge in [0.05, 0.1) is 6.10 Å². The maximum atomic E-state index is 11.9. The molecular weight excluding hydrogens is 216 g/mol. The molecule has 0 aromatic carbocycles. The first-order valence-electron chi connectivity index (χ1n) is 6.73. The molecule has 17 heavy (non-hydrogen) atoms. The van der Waals surface area contributed by atoms with Gasteiger partial charge in [0.25, 0.3) is 0 Å². The lowest BCUT2D eigenvalue weighted by atomic mass is 9.99. The molecule has 1 fully saturated rings. The van der Waals surface area contributed by atoms with Crippen LogP contribution < -0.4 is 5.32 Å². The summed E-state index contributed by atoms with van der Waals surface area (Å²) < 4.78 is 5.37. The summed E-state index contributed by atoms with van der Waals surface area (Å²) in [4.78, 5) is 13.8. The lowest BCUT2D eigenvalue weighted by Crippen LogP contribution is -2.42. The summed E-state index contributed by atoms with van der Waals surface area (Å²) in [6.45, 7) is 9.95. The van der Waals surface area contributed by atoms with E-state index in [9.17, 15) is 4.79 Å². The number of carbonyl (C=O) groups excluding carboxylic acids is 1. The van der Waals surface area contributed by atoms with Crippen LogP contribution in [0.1, 0.15) is 33.6 Å². The fraction of sp³-hybridized carbons (Fsp3) is 0.923. The Labute approximate surface area is 105 Å². The minimum Gasteiger partial charge on any atom is -0.369 e. The molecule has 1 saturated heterocycles. The molecule has 1 rings (SSSR count). The van der Waals surface area contributed by atoms with Crippen molar-refractivity contribution in [1.29, 1.82) is 0 Å². The van der Waals surface area contributed by atoms with Crippen molar-refractivity contribution in [3.8, 4) is 0 Å². The summed E-state index contributed by atoms with van der Waals surface area (Å²) in [7, 11) is 0. The van der Waals surface area contributed by atoms with E-state index in [1.807, 2.05) is 25.7 Å². The summed E-state index contributed by atoms with van der Waals surface area (Å²) in [5.41, 5.74) is 0. The first-order valence-corrected chi connectivity index (χ1v) is 6.73. The second-order valence-corrected chi connectivity index (χ2v) is 5.00. The molecule has 0 aromatic heterocycles. The number of piperidine rings is 1. The molecule has 1 amide bonds. The van der Waals surface area contributed by atoms with E-state index >= 15 is 0 Å². The van der Waals surface area contributed by atoms with Crippen molar-refractivity contribution in [2.45, 2.75) is 39.7 Å². The molecule has 1 aliphatic heterocycles. The Morgan fingerprint density at radius 3 is 2.82 bits per heavy atom. The van der Waals surface area contributed by atoms with Crippen LogP contribution in [0.25, 0.3) is 0 Å². The highest BCUT2D eigenvalue weighted by Crippen LogP contribution is 2.11. The van der Waals surface area contributed by atoms with E-state index < -0.39 is 0 Å². The van der Waals surface area contributed by atoms with E-state index in [0.29, 0.717) is 5.92 Å². The zero-order chi connectivity index (χ0) is 12.7. The molecule has 4 heteroatoms. The minimum atomic E-state index is 0.117. The molecule has 0 radical (unpaired) electrons. The quantitative estimate of drug-likeness (QED) is 0.762. The van der Waals surface area contributed by atoms with Gasteiger partial charge in [-0.05, 0) is 52.6 Å². The Hall–Kier alpha value is -0.610. The molecule has 1 heterocycles. The number of hydrogen-bond donors (Lipinski definition) is 1. The van der Waals surface area contributed by atoms with E-state index in [4.69, 9.17) is 4.74 Å². The van der Waals surface area contributed by atoms with Gasteiger partial charge in [0, 0.05) is 13.1 Å². The average Bonchev–Trinajstić information content (AvgIpc) is 2.34. The van der Waals surface area contributed by atoms with Crippen molar-refractivity contribution in [3.63, 3.8) is 0 Å². The first-order chi connectivity index (χ1) is 8.13. The van der Waals surface area contributed by atoms with Gasteiger partial charge >= 0.3 is 0 Å². The molecule has 0 aromatic rings. The second-order valence-electron chi connectivity index (χ2n) is 5.00. The molecular formula is C13H26N2O2. The summed E-state index contributed by atoms with van der Waals surface area (Å²) in [6, 6.07) is 0. The number of nitrogens with one attached hydrogen (secondary N) is 1. The maximum absolute atomic E-state index is 11.9. The van der Waals surface area contributed by atoms with E-state index in [2.05, 4.69) is 5.32 Å². The molecule has 4 nitrogen and oxygen atoms in total. The van der Waals surface area contributed by atoms with Gasteiger partial charge in [0.15, 0.2) is 0 Å². The molecule has 100 valence electrons. The molecule has 0 saturated carbocycles. The van der Waals surface area contributed by atoms with Crippen LogP contribution in [0.5, 0.6) is 0 Å². The highest BCUT2D eigenvalue weighted by Gasteiger charge is 2.19. The molecule has 0 bridgehead atoms. The van der Waals surface area contributed by atoms with E-state index in [1.54, 1.807) is 0 Å². The molecule has 1 unspecified atom stereocenters. The van der Waals surface area contributed by atoms with Crippen LogP contribution in [-0.4, -0.2) is 49.7 Å². The zero-order valence-electron chi connectivity index (χ0n) is 11.4. The number of carbonyl (C=O) groups is 1.